The topological polar surface area (TPSA) is 70.5 Å². The number of carbonyl (C=O) groups is 1. The Balaban J connectivity index is 1.75. The number of nitrogens with zero attached hydrogens (tertiary/aromatic N) is 3. The molecule has 110 valence electrons. The summed E-state index contributed by atoms with van der Waals surface area (Å²) in [6.45, 7) is 3.17. The number of rotatable bonds is 3. The summed E-state index contributed by atoms with van der Waals surface area (Å²) in [6.07, 6.45) is 4.43. The number of H-pyrrole nitrogens is 1. The lowest BCUT2D eigenvalue weighted by molar-refractivity contribution is 0.0716. The van der Waals surface area contributed by atoms with Crippen molar-refractivity contribution in [2.45, 2.75) is 39.2 Å². The quantitative estimate of drug-likeness (QED) is 0.925. The monoisotopic (exact) mass is 286 g/mol. The molecule has 1 aliphatic heterocycles. The van der Waals surface area contributed by atoms with E-state index in [0.29, 0.717) is 29.4 Å². The van der Waals surface area contributed by atoms with Crippen LogP contribution in [0.1, 0.15) is 47.9 Å². The van der Waals surface area contributed by atoms with Crippen LogP contribution in [0.25, 0.3) is 5.65 Å². The standard InChI is InChI=1S/C15H18N4O2/c1-2-10-6-12-16-13-11(14(20)19(12)17-10)8-18(15(13)21)7-9-4-3-5-9/h6,9,17H,2-5,7-8H2,1H3. The third kappa shape index (κ3) is 1.81. The fourth-order valence-electron chi connectivity index (χ4n) is 3.16. The van der Waals surface area contributed by atoms with E-state index in [2.05, 4.69) is 10.1 Å². The Morgan fingerprint density at radius 1 is 1.38 bits per heavy atom. The summed E-state index contributed by atoms with van der Waals surface area (Å²) in [5.41, 5.74) is 2.22. The minimum Gasteiger partial charge on any atom is -0.332 e. The number of amides is 1. The summed E-state index contributed by atoms with van der Waals surface area (Å²) >= 11 is 0. The number of hydrogen-bond donors (Lipinski definition) is 1. The van der Waals surface area contributed by atoms with Crippen molar-refractivity contribution in [2.24, 2.45) is 5.92 Å². The molecule has 1 aliphatic carbocycles. The third-order valence-electron chi connectivity index (χ3n) is 4.68. The van der Waals surface area contributed by atoms with E-state index in [1.54, 1.807) is 4.90 Å². The number of hydrogen-bond acceptors (Lipinski definition) is 3. The molecule has 0 saturated heterocycles. The van der Waals surface area contributed by atoms with Gasteiger partial charge in [-0.1, -0.05) is 13.3 Å². The van der Waals surface area contributed by atoms with Crippen molar-refractivity contribution in [3.63, 3.8) is 0 Å². The van der Waals surface area contributed by atoms with Gasteiger partial charge in [0.2, 0.25) is 0 Å². The zero-order chi connectivity index (χ0) is 14.6. The van der Waals surface area contributed by atoms with E-state index >= 15 is 0 Å². The number of aryl methyl sites for hydroxylation is 1. The molecule has 1 amide bonds. The SMILES string of the molecule is CCc1cc2nc3c(c(=O)n2[nH]1)CN(CC1CCC1)C3=O. The highest BCUT2D eigenvalue weighted by Crippen LogP contribution is 2.29. The van der Waals surface area contributed by atoms with Gasteiger partial charge in [-0.3, -0.25) is 14.7 Å². The number of aromatic nitrogens is 3. The van der Waals surface area contributed by atoms with Crippen molar-refractivity contribution in [1.29, 1.82) is 0 Å². The number of nitrogens with one attached hydrogen (secondary N) is 1. The van der Waals surface area contributed by atoms with Gasteiger partial charge in [0, 0.05) is 18.3 Å². The van der Waals surface area contributed by atoms with Crippen LogP contribution in [-0.2, 0) is 13.0 Å². The summed E-state index contributed by atoms with van der Waals surface area (Å²) in [4.78, 5) is 31.2. The van der Waals surface area contributed by atoms with Gasteiger partial charge in [0.1, 0.15) is 5.69 Å². The number of fused-ring (bicyclic) bond motifs is 2. The van der Waals surface area contributed by atoms with Gasteiger partial charge in [0.15, 0.2) is 5.65 Å². The average molecular weight is 286 g/mol. The molecule has 21 heavy (non-hydrogen) atoms. The Bertz CT molecular complexity index is 785. The molecular weight excluding hydrogens is 268 g/mol. The van der Waals surface area contributed by atoms with Crippen LogP contribution in [0.4, 0.5) is 0 Å². The maximum Gasteiger partial charge on any atom is 0.278 e. The van der Waals surface area contributed by atoms with Crippen molar-refractivity contribution in [3.05, 3.63) is 33.4 Å². The predicted molar refractivity (Wildman–Crippen MR) is 77.3 cm³/mol. The Morgan fingerprint density at radius 2 is 2.19 bits per heavy atom. The van der Waals surface area contributed by atoms with E-state index in [-0.39, 0.29) is 11.5 Å². The maximum atomic E-state index is 12.5. The Morgan fingerprint density at radius 3 is 2.86 bits per heavy atom. The van der Waals surface area contributed by atoms with Crippen LogP contribution in [0.3, 0.4) is 0 Å². The Hall–Kier alpha value is -2.11. The van der Waals surface area contributed by atoms with E-state index < -0.39 is 0 Å². The molecule has 0 aromatic carbocycles. The molecule has 2 aromatic heterocycles. The summed E-state index contributed by atoms with van der Waals surface area (Å²) in [6, 6.07) is 1.84. The first-order valence-corrected chi connectivity index (χ1v) is 7.60. The molecule has 1 fully saturated rings. The van der Waals surface area contributed by atoms with E-state index in [9.17, 15) is 9.59 Å². The third-order valence-corrected chi connectivity index (χ3v) is 4.68. The normalized spacial score (nSPS) is 18.3. The lowest BCUT2D eigenvalue weighted by Gasteiger charge is -2.29. The molecule has 0 atom stereocenters. The Labute approximate surface area is 121 Å². The van der Waals surface area contributed by atoms with Crippen molar-refractivity contribution >= 4 is 11.6 Å². The van der Waals surface area contributed by atoms with Crippen LogP contribution in [0.2, 0.25) is 0 Å². The molecule has 6 heteroatoms. The van der Waals surface area contributed by atoms with E-state index in [0.717, 1.165) is 18.7 Å². The first kappa shape index (κ1) is 12.6. The van der Waals surface area contributed by atoms with Gasteiger partial charge < -0.3 is 4.90 Å². The second-order valence-electron chi connectivity index (χ2n) is 6.06. The van der Waals surface area contributed by atoms with Crippen molar-refractivity contribution < 1.29 is 4.79 Å². The van der Waals surface area contributed by atoms with E-state index in [4.69, 9.17) is 0 Å². The fraction of sp³-hybridized carbons (Fsp3) is 0.533. The smallest absolute Gasteiger partial charge is 0.278 e. The van der Waals surface area contributed by atoms with E-state index in [1.165, 1.54) is 23.8 Å². The van der Waals surface area contributed by atoms with Gasteiger partial charge in [-0.2, -0.15) is 0 Å². The van der Waals surface area contributed by atoms with Crippen molar-refractivity contribution in [1.82, 2.24) is 19.5 Å². The molecular formula is C15H18N4O2. The molecule has 2 aliphatic rings. The molecule has 0 spiro atoms. The first-order chi connectivity index (χ1) is 10.2. The number of carbonyl (C=O) groups excluding carboxylic acids is 1. The minimum atomic E-state index is -0.140. The zero-order valence-electron chi connectivity index (χ0n) is 12.1. The van der Waals surface area contributed by atoms with E-state index in [1.807, 2.05) is 13.0 Å². The average Bonchev–Trinajstić information content (AvgIpc) is 2.98. The van der Waals surface area contributed by atoms with Crippen LogP contribution in [0.5, 0.6) is 0 Å². The summed E-state index contributed by atoms with van der Waals surface area (Å²) < 4.78 is 1.46. The van der Waals surface area contributed by atoms with Crippen LogP contribution >= 0.6 is 0 Å². The fourth-order valence-corrected chi connectivity index (χ4v) is 3.16. The molecule has 6 nitrogen and oxygen atoms in total. The van der Waals surface area contributed by atoms with Gasteiger partial charge in [-0.15, -0.1) is 0 Å². The highest BCUT2D eigenvalue weighted by molar-refractivity contribution is 5.96. The van der Waals surface area contributed by atoms with Crippen LogP contribution in [0, 0.1) is 5.92 Å². The maximum absolute atomic E-state index is 12.5. The second-order valence-corrected chi connectivity index (χ2v) is 6.06. The summed E-state index contributed by atoms with van der Waals surface area (Å²) in [5.74, 6) is 0.512. The molecule has 0 bridgehead atoms. The van der Waals surface area contributed by atoms with Crippen molar-refractivity contribution in [3.8, 4) is 0 Å². The molecule has 2 aromatic rings. The van der Waals surface area contributed by atoms with Crippen LogP contribution in [0.15, 0.2) is 10.9 Å². The zero-order valence-corrected chi connectivity index (χ0v) is 12.1. The highest BCUT2D eigenvalue weighted by atomic mass is 16.2. The lowest BCUT2D eigenvalue weighted by atomic mass is 9.85. The molecule has 1 N–H and O–H groups in total. The lowest BCUT2D eigenvalue weighted by Crippen LogP contribution is -2.33. The van der Waals surface area contributed by atoms with Crippen LogP contribution < -0.4 is 5.56 Å². The number of aromatic amines is 1. The summed E-state index contributed by atoms with van der Waals surface area (Å²) in [7, 11) is 0. The van der Waals surface area contributed by atoms with Gasteiger partial charge in [0.05, 0.1) is 12.1 Å². The second kappa shape index (κ2) is 4.44. The van der Waals surface area contributed by atoms with Gasteiger partial charge in [-0.25, -0.2) is 9.50 Å². The molecule has 0 unspecified atom stereocenters. The molecule has 0 radical (unpaired) electrons. The first-order valence-electron chi connectivity index (χ1n) is 7.60. The van der Waals surface area contributed by atoms with Gasteiger partial charge in [-0.05, 0) is 25.2 Å². The predicted octanol–water partition coefficient (Wildman–Crippen LogP) is 1.34. The van der Waals surface area contributed by atoms with Crippen LogP contribution in [-0.4, -0.2) is 31.9 Å². The minimum absolute atomic E-state index is 0.0873. The van der Waals surface area contributed by atoms with Gasteiger partial charge >= 0.3 is 0 Å². The molecule has 3 heterocycles. The summed E-state index contributed by atoms with van der Waals surface area (Å²) in [5, 5.41) is 3.05. The van der Waals surface area contributed by atoms with Crippen molar-refractivity contribution in [2.75, 3.05) is 6.54 Å². The largest absolute Gasteiger partial charge is 0.332 e. The highest BCUT2D eigenvalue weighted by Gasteiger charge is 2.34. The molecule has 1 saturated carbocycles. The molecule has 4 rings (SSSR count). The Kier molecular flexibility index (Phi) is 2.67. The van der Waals surface area contributed by atoms with Gasteiger partial charge in [0.25, 0.3) is 11.5 Å².